The van der Waals surface area contributed by atoms with Gasteiger partial charge in [0, 0.05) is 25.2 Å². The highest BCUT2D eigenvalue weighted by molar-refractivity contribution is 5.92. The van der Waals surface area contributed by atoms with Gasteiger partial charge >= 0.3 is 0 Å². The maximum atomic E-state index is 12.4. The molecule has 4 heterocycles. The van der Waals surface area contributed by atoms with Crippen molar-refractivity contribution < 1.29 is 9.32 Å². The fourth-order valence-corrected chi connectivity index (χ4v) is 2.90. The average Bonchev–Trinajstić information content (AvgIpc) is 3.42. The van der Waals surface area contributed by atoms with Crippen molar-refractivity contribution in [2.75, 3.05) is 13.1 Å². The molecule has 3 aromatic rings. The van der Waals surface area contributed by atoms with E-state index < -0.39 is 0 Å². The van der Waals surface area contributed by atoms with Crippen molar-refractivity contribution in [2.24, 2.45) is 0 Å². The Morgan fingerprint density at radius 3 is 3.04 bits per heavy atom. The fourth-order valence-electron chi connectivity index (χ4n) is 2.90. The van der Waals surface area contributed by atoms with E-state index >= 15 is 0 Å². The number of aromatic amines is 1. The summed E-state index contributed by atoms with van der Waals surface area (Å²) in [6, 6.07) is 3.69. The number of aromatic nitrogens is 6. The zero-order valence-corrected chi connectivity index (χ0v) is 14.1. The molecule has 1 aliphatic heterocycles. The summed E-state index contributed by atoms with van der Waals surface area (Å²) >= 11 is 0. The van der Waals surface area contributed by atoms with Gasteiger partial charge in [-0.3, -0.25) is 4.79 Å². The predicted octanol–water partition coefficient (Wildman–Crippen LogP) is 1.87. The van der Waals surface area contributed by atoms with Crippen LogP contribution in [0.5, 0.6) is 0 Å². The third-order valence-electron chi connectivity index (χ3n) is 4.34. The molecular formula is C16H19N7O2. The summed E-state index contributed by atoms with van der Waals surface area (Å²) in [7, 11) is 0. The zero-order valence-electron chi connectivity index (χ0n) is 14.1. The molecule has 25 heavy (non-hydrogen) atoms. The van der Waals surface area contributed by atoms with Crippen molar-refractivity contribution in [3.8, 4) is 11.6 Å². The lowest BCUT2D eigenvalue weighted by Crippen LogP contribution is -2.29. The summed E-state index contributed by atoms with van der Waals surface area (Å²) in [6.45, 7) is 5.29. The number of hydrogen-bond donors (Lipinski definition) is 1. The van der Waals surface area contributed by atoms with E-state index in [0.717, 1.165) is 6.42 Å². The Kier molecular flexibility index (Phi) is 3.83. The molecule has 4 rings (SSSR count). The Bertz CT molecular complexity index is 865. The summed E-state index contributed by atoms with van der Waals surface area (Å²) < 4.78 is 7.03. The molecule has 9 heteroatoms. The molecule has 1 N–H and O–H groups in total. The number of nitrogens with zero attached hydrogens (tertiary/aromatic N) is 6. The fraction of sp³-hybridized carbons (Fsp3) is 0.438. The summed E-state index contributed by atoms with van der Waals surface area (Å²) in [4.78, 5) is 21.5. The molecule has 0 aliphatic carbocycles. The standard InChI is InChI=1S/C16H19N7O2/c1-10(2)14-18-15(25-20-14)13-9-23(21-19-13)11-5-7-22(8-11)16(24)12-4-3-6-17-12/h3-4,6,9-11,17H,5,7-8H2,1-2H3/t11-/m1/s1. The maximum Gasteiger partial charge on any atom is 0.280 e. The number of nitrogens with one attached hydrogen (secondary N) is 1. The third-order valence-corrected chi connectivity index (χ3v) is 4.34. The molecule has 0 saturated carbocycles. The second-order valence-electron chi connectivity index (χ2n) is 6.47. The Labute approximate surface area is 144 Å². The monoisotopic (exact) mass is 341 g/mol. The number of amides is 1. The number of hydrogen-bond acceptors (Lipinski definition) is 6. The van der Waals surface area contributed by atoms with Crippen LogP contribution in [0.2, 0.25) is 0 Å². The largest absolute Gasteiger partial charge is 0.357 e. The normalized spacial score (nSPS) is 17.6. The van der Waals surface area contributed by atoms with Crippen molar-refractivity contribution in [1.29, 1.82) is 0 Å². The van der Waals surface area contributed by atoms with Gasteiger partial charge < -0.3 is 14.4 Å². The van der Waals surface area contributed by atoms with Crippen LogP contribution in [0.25, 0.3) is 11.6 Å². The zero-order chi connectivity index (χ0) is 17.4. The van der Waals surface area contributed by atoms with Gasteiger partial charge in [0.15, 0.2) is 11.5 Å². The van der Waals surface area contributed by atoms with E-state index in [1.54, 1.807) is 23.1 Å². The van der Waals surface area contributed by atoms with Gasteiger partial charge in [-0.25, -0.2) is 4.68 Å². The highest BCUT2D eigenvalue weighted by atomic mass is 16.5. The summed E-state index contributed by atoms with van der Waals surface area (Å²) in [5.41, 5.74) is 1.15. The van der Waals surface area contributed by atoms with Crippen LogP contribution in [-0.4, -0.2) is 54.0 Å². The van der Waals surface area contributed by atoms with Gasteiger partial charge in [0.1, 0.15) is 5.69 Å². The second kappa shape index (κ2) is 6.15. The smallest absolute Gasteiger partial charge is 0.280 e. The van der Waals surface area contributed by atoms with Crippen molar-refractivity contribution in [1.82, 2.24) is 35.0 Å². The second-order valence-corrected chi connectivity index (χ2v) is 6.47. The van der Waals surface area contributed by atoms with Gasteiger partial charge in [0.25, 0.3) is 11.8 Å². The molecule has 1 aliphatic rings. The maximum absolute atomic E-state index is 12.4. The molecule has 1 amide bonds. The molecule has 1 saturated heterocycles. The van der Waals surface area contributed by atoms with Gasteiger partial charge in [-0.15, -0.1) is 5.10 Å². The van der Waals surface area contributed by atoms with Crippen LogP contribution in [0.1, 0.15) is 48.5 Å². The molecule has 9 nitrogen and oxygen atoms in total. The third kappa shape index (κ3) is 2.92. The molecular weight excluding hydrogens is 322 g/mol. The minimum Gasteiger partial charge on any atom is -0.357 e. The van der Waals surface area contributed by atoms with Gasteiger partial charge in [-0.05, 0) is 18.6 Å². The van der Waals surface area contributed by atoms with Crippen LogP contribution in [0.15, 0.2) is 29.0 Å². The number of carbonyl (C=O) groups excluding carboxylic acids is 1. The summed E-state index contributed by atoms with van der Waals surface area (Å²) in [6.07, 6.45) is 4.38. The quantitative estimate of drug-likeness (QED) is 0.776. The van der Waals surface area contributed by atoms with E-state index in [9.17, 15) is 4.79 Å². The van der Waals surface area contributed by atoms with E-state index in [4.69, 9.17) is 4.52 Å². The molecule has 0 spiro atoms. The summed E-state index contributed by atoms with van der Waals surface area (Å²) in [5, 5.41) is 12.3. The molecule has 0 bridgehead atoms. The Morgan fingerprint density at radius 1 is 1.44 bits per heavy atom. The summed E-state index contributed by atoms with van der Waals surface area (Å²) in [5.74, 6) is 1.21. The highest BCUT2D eigenvalue weighted by Crippen LogP contribution is 2.24. The van der Waals surface area contributed by atoms with E-state index in [1.165, 1.54) is 0 Å². The lowest BCUT2D eigenvalue weighted by molar-refractivity contribution is 0.0782. The first kappa shape index (κ1) is 15.6. The predicted molar refractivity (Wildman–Crippen MR) is 87.8 cm³/mol. The van der Waals surface area contributed by atoms with Gasteiger partial charge in [0.2, 0.25) is 0 Å². The number of H-pyrrole nitrogens is 1. The van der Waals surface area contributed by atoms with Gasteiger partial charge in [-0.2, -0.15) is 4.98 Å². The van der Waals surface area contributed by atoms with Crippen molar-refractivity contribution in [3.63, 3.8) is 0 Å². The van der Waals surface area contributed by atoms with Crippen LogP contribution in [-0.2, 0) is 0 Å². The molecule has 130 valence electrons. The lowest BCUT2D eigenvalue weighted by atomic mass is 10.2. The minimum absolute atomic E-state index is 0.00585. The van der Waals surface area contributed by atoms with E-state index in [2.05, 4.69) is 25.4 Å². The van der Waals surface area contributed by atoms with E-state index in [1.807, 2.05) is 24.8 Å². The highest BCUT2D eigenvalue weighted by Gasteiger charge is 2.29. The minimum atomic E-state index is 0.00585. The molecule has 1 fully saturated rings. The number of rotatable bonds is 4. The van der Waals surface area contributed by atoms with Crippen LogP contribution in [0.3, 0.4) is 0 Å². The Hall–Kier alpha value is -2.97. The van der Waals surface area contributed by atoms with Crippen LogP contribution in [0.4, 0.5) is 0 Å². The van der Waals surface area contributed by atoms with Gasteiger partial charge in [0.05, 0.1) is 12.2 Å². The SMILES string of the molecule is CC(C)c1noc(-c2cn([C@@H]3CCN(C(=O)c4ccc[nH]4)C3)nn2)n1. The first-order valence-corrected chi connectivity index (χ1v) is 8.30. The molecule has 0 radical (unpaired) electrons. The Balaban J connectivity index is 1.46. The topological polar surface area (TPSA) is 106 Å². The van der Waals surface area contributed by atoms with Crippen molar-refractivity contribution in [2.45, 2.75) is 32.2 Å². The number of likely N-dealkylation sites (tertiary alicyclic amines) is 1. The average molecular weight is 341 g/mol. The molecule has 0 aromatic carbocycles. The first-order chi connectivity index (χ1) is 12.1. The van der Waals surface area contributed by atoms with Gasteiger partial charge in [-0.1, -0.05) is 24.2 Å². The van der Waals surface area contributed by atoms with Crippen molar-refractivity contribution in [3.05, 3.63) is 36.0 Å². The van der Waals surface area contributed by atoms with Crippen LogP contribution < -0.4 is 0 Å². The van der Waals surface area contributed by atoms with Crippen molar-refractivity contribution >= 4 is 5.91 Å². The van der Waals surface area contributed by atoms with Crippen LogP contribution in [0, 0.1) is 0 Å². The van der Waals surface area contributed by atoms with Crippen LogP contribution >= 0.6 is 0 Å². The molecule has 3 aromatic heterocycles. The first-order valence-electron chi connectivity index (χ1n) is 8.30. The molecule has 1 atom stereocenters. The van der Waals surface area contributed by atoms with E-state index in [0.29, 0.717) is 36.2 Å². The Morgan fingerprint density at radius 2 is 2.32 bits per heavy atom. The lowest BCUT2D eigenvalue weighted by Gasteiger charge is -2.15. The number of carbonyl (C=O) groups is 1. The molecule has 0 unspecified atom stereocenters. The van der Waals surface area contributed by atoms with E-state index in [-0.39, 0.29) is 17.9 Å².